The average molecular weight is 241 g/mol. The van der Waals surface area contributed by atoms with Crippen LogP contribution in [-0.4, -0.2) is 10.8 Å². The van der Waals surface area contributed by atoms with Gasteiger partial charge >= 0.3 is 0 Å². The van der Waals surface area contributed by atoms with Crippen molar-refractivity contribution in [3.63, 3.8) is 0 Å². The molecule has 16 heavy (non-hydrogen) atoms. The highest BCUT2D eigenvalue weighted by Gasteiger charge is 2.30. The lowest BCUT2D eigenvalue weighted by molar-refractivity contribution is -0.384. The number of hydrogen-bond donors (Lipinski definition) is 3. The Morgan fingerprint density at radius 1 is 1.50 bits per heavy atom. The Hall–Kier alpha value is -1.60. The lowest BCUT2D eigenvalue weighted by Crippen LogP contribution is -2.42. The van der Waals surface area contributed by atoms with Crippen molar-refractivity contribution in [3.8, 4) is 0 Å². The number of nitrogens with one attached hydrogen (secondary N) is 1. The summed E-state index contributed by atoms with van der Waals surface area (Å²) in [6.45, 7) is 1.56. The summed E-state index contributed by atoms with van der Waals surface area (Å²) in [5, 5.41) is 10.4. The van der Waals surface area contributed by atoms with E-state index in [9.17, 15) is 14.9 Å². The highest BCUT2D eigenvalue weighted by Crippen LogP contribution is 2.29. The van der Waals surface area contributed by atoms with Crippen molar-refractivity contribution in [2.24, 2.45) is 5.84 Å². The standard InChI is InChI=1S/C9H11N3O3S/c1-9(16,8(13)11-10)6-2-4-7(5-3-6)12(14)15/h2-5,16H,10H2,1H3,(H,11,13). The Morgan fingerprint density at radius 3 is 2.38 bits per heavy atom. The molecule has 1 unspecified atom stereocenters. The van der Waals surface area contributed by atoms with Gasteiger partial charge in [-0.2, -0.15) is 12.6 Å². The third kappa shape index (κ3) is 2.31. The fourth-order valence-electron chi connectivity index (χ4n) is 1.18. The summed E-state index contributed by atoms with van der Waals surface area (Å²) in [7, 11) is 0. The minimum Gasteiger partial charge on any atom is -0.293 e. The van der Waals surface area contributed by atoms with E-state index in [0.717, 1.165) is 0 Å². The van der Waals surface area contributed by atoms with E-state index in [-0.39, 0.29) is 5.69 Å². The van der Waals surface area contributed by atoms with Gasteiger partial charge in [-0.25, -0.2) is 5.84 Å². The molecule has 0 saturated heterocycles. The second-order valence-corrected chi connectivity index (χ2v) is 4.24. The summed E-state index contributed by atoms with van der Waals surface area (Å²) < 4.78 is -1.12. The molecule has 3 N–H and O–H groups in total. The first-order chi connectivity index (χ1) is 7.39. The number of nitro groups is 1. The third-order valence-electron chi connectivity index (χ3n) is 2.21. The van der Waals surface area contributed by atoms with Gasteiger partial charge in [-0.1, -0.05) is 12.1 Å². The summed E-state index contributed by atoms with van der Waals surface area (Å²) in [4.78, 5) is 21.3. The van der Waals surface area contributed by atoms with Crippen molar-refractivity contribution in [1.29, 1.82) is 0 Å². The molecular weight excluding hydrogens is 230 g/mol. The van der Waals surface area contributed by atoms with Crippen LogP contribution in [0.2, 0.25) is 0 Å². The molecule has 1 aromatic rings. The smallest absolute Gasteiger partial charge is 0.269 e. The number of thiol groups is 1. The molecule has 1 atom stereocenters. The van der Waals surface area contributed by atoms with Crippen molar-refractivity contribution >= 4 is 24.2 Å². The average Bonchev–Trinajstić information content (AvgIpc) is 2.28. The number of benzene rings is 1. The Balaban J connectivity index is 3.06. The molecule has 0 radical (unpaired) electrons. The van der Waals surface area contributed by atoms with Crippen molar-refractivity contribution in [2.75, 3.05) is 0 Å². The molecule has 0 aromatic heterocycles. The van der Waals surface area contributed by atoms with Gasteiger partial charge < -0.3 is 0 Å². The SMILES string of the molecule is CC(S)(C(=O)NN)c1ccc([N+](=O)[O-])cc1. The number of hydrogen-bond acceptors (Lipinski definition) is 5. The molecule has 0 bridgehead atoms. The van der Waals surface area contributed by atoms with Crippen LogP contribution in [0.1, 0.15) is 12.5 Å². The molecule has 0 saturated carbocycles. The molecule has 0 aliphatic heterocycles. The van der Waals surface area contributed by atoms with Crippen LogP contribution in [0.25, 0.3) is 0 Å². The van der Waals surface area contributed by atoms with Gasteiger partial charge in [0.1, 0.15) is 4.75 Å². The molecule has 86 valence electrons. The number of nitrogens with two attached hydrogens (primary N) is 1. The molecule has 7 heteroatoms. The maximum absolute atomic E-state index is 11.4. The van der Waals surface area contributed by atoms with Crippen LogP contribution < -0.4 is 11.3 Å². The van der Waals surface area contributed by atoms with Crippen LogP contribution >= 0.6 is 12.6 Å². The van der Waals surface area contributed by atoms with Crippen LogP contribution in [0.15, 0.2) is 24.3 Å². The van der Waals surface area contributed by atoms with Crippen molar-refractivity contribution < 1.29 is 9.72 Å². The van der Waals surface area contributed by atoms with E-state index in [1.807, 2.05) is 5.43 Å². The maximum atomic E-state index is 11.4. The number of hydrazine groups is 1. The van der Waals surface area contributed by atoms with E-state index in [4.69, 9.17) is 5.84 Å². The summed E-state index contributed by atoms with van der Waals surface area (Å²) in [5.41, 5.74) is 2.48. The Morgan fingerprint density at radius 2 is 2.00 bits per heavy atom. The van der Waals surface area contributed by atoms with Crippen LogP contribution in [0, 0.1) is 10.1 Å². The number of rotatable bonds is 3. The number of nitrogens with zero attached hydrogens (tertiary/aromatic N) is 1. The number of nitro benzene ring substituents is 1. The lowest BCUT2D eigenvalue weighted by Gasteiger charge is -2.21. The zero-order valence-electron chi connectivity index (χ0n) is 8.51. The van der Waals surface area contributed by atoms with Gasteiger partial charge in [-0.3, -0.25) is 20.3 Å². The number of non-ortho nitro benzene ring substituents is 1. The van der Waals surface area contributed by atoms with E-state index in [2.05, 4.69) is 12.6 Å². The largest absolute Gasteiger partial charge is 0.293 e. The lowest BCUT2D eigenvalue weighted by atomic mass is 9.99. The number of carbonyl (C=O) groups is 1. The van der Waals surface area contributed by atoms with E-state index in [1.165, 1.54) is 24.3 Å². The Kier molecular flexibility index (Phi) is 3.51. The molecule has 0 aliphatic rings. The van der Waals surface area contributed by atoms with Crippen LogP contribution in [0.4, 0.5) is 5.69 Å². The van der Waals surface area contributed by atoms with Crippen molar-refractivity contribution in [2.45, 2.75) is 11.7 Å². The highest BCUT2D eigenvalue weighted by atomic mass is 32.1. The quantitative estimate of drug-likeness (QED) is 0.239. The van der Waals surface area contributed by atoms with Gasteiger partial charge in [0.25, 0.3) is 11.6 Å². The second kappa shape index (κ2) is 4.50. The number of amides is 1. The van der Waals surface area contributed by atoms with E-state index < -0.39 is 15.6 Å². The van der Waals surface area contributed by atoms with Crippen molar-refractivity contribution in [1.82, 2.24) is 5.43 Å². The van der Waals surface area contributed by atoms with E-state index in [1.54, 1.807) is 6.92 Å². The minimum atomic E-state index is -1.12. The Bertz CT molecular complexity index is 417. The van der Waals surface area contributed by atoms with Gasteiger partial charge in [0.2, 0.25) is 0 Å². The molecule has 6 nitrogen and oxygen atoms in total. The fraction of sp³-hybridized carbons (Fsp3) is 0.222. The van der Waals surface area contributed by atoms with Gasteiger partial charge in [0.05, 0.1) is 4.92 Å². The topological polar surface area (TPSA) is 98.3 Å². The molecule has 0 fully saturated rings. The second-order valence-electron chi connectivity index (χ2n) is 3.35. The van der Waals surface area contributed by atoms with Crippen molar-refractivity contribution in [3.05, 3.63) is 39.9 Å². The third-order valence-corrected chi connectivity index (χ3v) is 2.67. The van der Waals surface area contributed by atoms with Gasteiger partial charge in [0.15, 0.2) is 0 Å². The number of carbonyl (C=O) groups excluding carboxylic acids is 1. The van der Waals surface area contributed by atoms with Crippen LogP contribution in [-0.2, 0) is 9.54 Å². The summed E-state index contributed by atoms with van der Waals surface area (Å²) in [6, 6.07) is 5.57. The molecule has 0 spiro atoms. The minimum absolute atomic E-state index is 0.0407. The van der Waals surface area contributed by atoms with E-state index in [0.29, 0.717) is 5.56 Å². The first-order valence-corrected chi connectivity index (χ1v) is 4.82. The summed E-state index contributed by atoms with van der Waals surface area (Å²) in [5.74, 6) is 4.54. The molecule has 1 amide bonds. The van der Waals surface area contributed by atoms with Crippen LogP contribution in [0.5, 0.6) is 0 Å². The van der Waals surface area contributed by atoms with Gasteiger partial charge in [-0.05, 0) is 12.5 Å². The first-order valence-electron chi connectivity index (χ1n) is 4.38. The van der Waals surface area contributed by atoms with Gasteiger partial charge in [0, 0.05) is 12.1 Å². The zero-order chi connectivity index (χ0) is 12.3. The highest BCUT2D eigenvalue weighted by molar-refractivity contribution is 7.82. The molecule has 0 aliphatic carbocycles. The maximum Gasteiger partial charge on any atom is 0.269 e. The van der Waals surface area contributed by atoms with E-state index >= 15 is 0 Å². The predicted octanol–water partition coefficient (Wildman–Crippen LogP) is 0.730. The normalized spacial score (nSPS) is 13.9. The zero-order valence-corrected chi connectivity index (χ0v) is 9.40. The fourth-order valence-corrected chi connectivity index (χ4v) is 1.39. The molecule has 1 rings (SSSR count). The Labute approximate surface area is 97.4 Å². The molecule has 0 heterocycles. The molecule has 1 aromatic carbocycles. The predicted molar refractivity (Wildman–Crippen MR) is 61.8 cm³/mol. The summed E-state index contributed by atoms with van der Waals surface area (Å²) in [6.07, 6.45) is 0. The summed E-state index contributed by atoms with van der Waals surface area (Å²) >= 11 is 4.18. The van der Waals surface area contributed by atoms with Crippen LogP contribution in [0.3, 0.4) is 0 Å². The first kappa shape index (κ1) is 12.5. The van der Waals surface area contributed by atoms with Gasteiger partial charge in [-0.15, -0.1) is 0 Å². The molecular formula is C9H11N3O3S. The monoisotopic (exact) mass is 241 g/mol.